The normalized spacial score (nSPS) is 14.2. The second-order valence-corrected chi connectivity index (χ2v) is 5.03. The Balaban J connectivity index is 2.47. The van der Waals surface area contributed by atoms with Gasteiger partial charge in [0.2, 0.25) is 0 Å². The first-order valence-corrected chi connectivity index (χ1v) is 6.63. The highest BCUT2D eigenvalue weighted by Crippen LogP contribution is 2.20. The lowest BCUT2D eigenvalue weighted by atomic mass is 9.93. The molecule has 0 spiro atoms. The molecule has 3 nitrogen and oxygen atoms in total. The Bertz CT molecular complexity index is 350. The lowest BCUT2D eigenvalue weighted by Crippen LogP contribution is -2.32. The lowest BCUT2D eigenvalue weighted by molar-refractivity contribution is 0.0515. The average molecular weight is 251 g/mol. The second kappa shape index (κ2) is 7.39. The summed E-state index contributed by atoms with van der Waals surface area (Å²) in [6, 6.07) is 7.88. The number of nitrogens with one attached hydrogen (secondary N) is 1. The van der Waals surface area contributed by atoms with Gasteiger partial charge in [-0.05, 0) is 50.6 Å². The maximum atomic E-state index is 10.3. The number of methoxy groups -OCH3 is 1. The molecule has 1 aromatic carbocycles. The largest absolute Gasteiger partial charge is 0.497 e. The van der Waals surface area contributed by atoms with Gasteiger partial charge in [-0.2, -0.15) is 0 Å². The van der Waals surface area contributed by atoms with Crippen LogP contribution in [0.2, 0.25) is 0 Å². The van der Waals surface area contributed by atoms with E-state index in [0.29, 0.717) is 6.42 Å². The third-order valence-electron chi connectivity index (χ3n) is 2.99. The average Bonchev–Trinajstić information content (AvgIpc) is 2.34. The summed E-state index contributed by atoms with van der Waals surface area (Å²) in [6.45, 7) is 5.89. The quantitative estimate of drug-likeness (QED) is 0.697. The first-order valence-electron chi connectivity index (χ1n) is 6.63. The molecule has 1 rings (SSSR count). The summed E-state index contributed by atoms with van der Waals surface area (Å²) >= 11 is 0. The molecule has 1 atom stereocenters. The smallest absolute Gasteiger partial charge is 0.119 e. The Morgan fingerprint density at radius 2 is 2.11 bits per heavy atom. The van der Waals surface area contributed by atoms with Crippen LogP contribution in [0, 0.1) is 0 Å². The second-order valence-electron chi connectivity index (χ2n) is 5.03. The monoisotopic (exact) mass is 251 g/mol. The van der Waals surface area contributed by atoms with E-state index in [4.69, 9.17) is 4.74 Å². The Morgan fingerprint density at radius 1 is 1.33 bits per heavy atom. The van der Waals surface area contributed by atoms with Crippen LogP contribution in [0.3, 0.4) is 0 Å². The van der Waals surface area contributed by atoms with E-state index in [1.165, 1.54) is 0 Å². The van der Waals surface area contributed by atoms with E-state index in [9.17, 15) is 5.11 Å². The summed E-state index contributed by atoms with van der Waals surface area (Å²) in [5.74, 6) is 0.840. The SMILES string of the molecule is CCCNCCC(C)(O)Cc1cccc(OC)c1. The van der Waals surface area contributed by atoms with Crippen molar-refractivity contribution < 1.29 is 9.84 Å². The molecule has 0 bridgehead atoms. The molecule has 0 fully saturated rings. The van der Waals surface area contributed by atoms with Gasteiger partial charge in [-0.1, -0.05) is 19.1 Å². The zero-order valence-electron chi connectivity index (χ0n) is 11.7. The van der Waals surface area contributed by atoms with E-state index in [0.717, 1.165) is 37.2 Å². The van der Waals surface area contributed by atoms with Crippen LogP contribution in [0.25, 0.3) is 0 Å². The van der Waals surface area contributed by atoms with Gasteiger partial charge in [-0.3, -0.25) is 0 Å². The first-order chi connectivity index (χ1) is 8.57. The molecule has 0 heterocycles. The van der Waals surface area contributed by atoms with Crippen molar-refractivity contribution in [1.29, 1.82) is 0 Å². The zero-order valence-corrected chi connectivity index (χ0v) is 11.7. The predicted molar refractivity (Wildman–Crippen MR) is 75.1 cm³/mol. The van der Waals surface area contributed by atoms with Crippen LogP contribution in [0.1, 0.15) is 32.3 Å². The third-order valence-corrected chi connectivity index (χ3v) is 2.99. The van der Waals surface area contributed by atoms with Crippen LogP contribution in [0.15, 0.2) is 24.3 Å². The molecule has 1 unspecified atom stereocenters. The van der Waals surface area contributed by atoms with Crippen molar-refractivity contribution in [3.05, 3.63) is 29.8 Å². The summed E-state index contributed by atoms with van der Waals surface area (Å²) in [4.78, 5) is 0. The summed E-state index contributed by atoms with van der Waals surface area (Å²) in [6.07, 6.45) is 2.53. The maximum Gasteiger partial charge on any atom is 0.119 e. The van der Waals surface area contributed by atoms with Gasteiger partial charge >= 0.3 is 0 Å². The molecular formula is C15H25NO2. The molecule has 3 heteroatoms. The number of hydrogen-bond donors (Lipinski definition) is 2. The Hall–Kier alpha value is -1.06. The van der Waals surface area contributed by atoms with Crippen molar-refractivity contribution in [3.63, 3.8) is 0 Å². The molecule has 0 saturated carbocycles. The Kier molecular flexibility index (Phi) is 6.16. The zero-order chi connectivity index (χ0) is 13.4. The minimum absolute atomic E-state index is 0.651. The maximum absolute atomic E-state index is 10.3. The third kappa shape index (κ3) is 5.52. The number of aliphatic hydroxyl groups is 1. The van der Waals surface area contributed by atoms with Crippen molar-refractivity contribution in [2.24, 2.45) is 0 Å². The minimum Gasteiger partial charge on any atom is -0.497 e. The fraction of sp³-hybridized carbons (Fsp3) is 0.600. The van der Waals surface area contributed by atoms with Gasteiger partial charge in [-0.25, -0.2) is 0 Å². The van der Waals surface area contributed by atoms with Crippen LogP contribution in [0.5, 0.6) is 5.75 Å². The van der Waals surface area contributed by atoms with Crippen LogP contribution >= 0.6 is 0 Å². The topological polar surface area (TPSA) is 41.5 Å². The fourth-order valence-electron chi connectivity index (χ4n) is 1.97. The molecule has 0 radical (unpaired) electrons. The minimum atomic E-state index is -0.674. The predicted octanol–water partition coefficient (Wildman–Crippen LogP) is 2.38. The van der Waals surface area contributed by atoms with Crippen molar-refractivity contribution in [2.45, 2.75) is 38.7 Å². The van der Waals surface area contributed by atoms with E-state index < -0.39 is 5.60 Å². The van der Waals surface area contributed by atoms with E-state index >= 15 is 0 Å². The highest BCUT2D eigenvalue weighted by atomic mass is 16.5. The lowest BCUT2D eigenvalue weighted by Gasteiger charge is -2.23. The van der Waals surface area contributed by atoms with Crippen LogP contribution < -0.4 is 10.1 Å². The van der Waals surface area contributed by atoms with Crippen LogP contribution in [-0.2, 0) is 6.42 Å². The summed E-state index contributed by atoms with van der Waals surface area (Å²) < 4.78 is 5.19. The van der Waals surface area contributed by atoms with Crippen molar-refractivity contribution >= 4 is 0 Å². The van der Waals surface area contributed by atoms with Gasteiger partial charge in [0.25, 0.3) is 0 Å². The molecule has 0 aliphatic carbocycles. The molecule has 0 aromatic heterocycles. The van der Waals surface area contributed by atoms with Gasteiger partial charge in [0.05, 0.1) is 12.7 Å². The number of hydrogen-bond acceptors (Lipinski definition) is 3. The van der Waals surface area contributed by atoms with Crippen LogP contribution in [-0.4, -0.2) is 30.9 Å². The van der Waals surface area contributed by atoms with E-state index in [1.807, 2.05) is 31.2 Å². The standard InChI is InChI=1S/C15H25NO2/c1-4-9-16-10-8-15(2,17)12-13-6-5-7-14(11-13)18-3/h5-7,11,16-17H,4,8-10,12H2,1-3H3. The van der Waals surface area contributed by atoms with Crippen molar-refractivity contribution in [3.8, 4) is 5.75 Å². The van der Waals surface area contributed by atoms with Gasteiger partial charge in [-0.15, -0.1) is 0 Å². The number of benzene rings is 1. The first kappa shape index (κ1) is 15.0. The molecule has 102 valence electrons. The number of rotatable bonds is 8. The number of ether oxygens (including phenoxy) is 1. The van der Waals surface area contributed by atoms with Gasteiger partial charge in [0.15, 0.2) is 0 Å². The molecule has 1 aromatic rings. The van der Waals surface area contributed by atoms with Gasteiger partial charge < -0.3 is 15.2 Å². The molecular weight excluding hydrogens is 226 g/mol. The molecule has 2 N–H and O–H groups in total. The van der Waals surface area contributed by atoms with E-state index in [-0.39, 0.29) is 0 Å². The van der Waals surface area contributed by atoms with E-state index in [1.54, 1.807) is 7.11 Å². The highest BCUT2D eigenvalue weighted by Gasteiger charge is 2.20. The Morgan fingerprint density at radius 3 is 2.78 bits per heavy atom. The van der Waals surface area contributed by atoms with Crippen LogP contribution in [0.4, 0.5) is 0 Å². The molecule has 0 aliphatic rings. The summed E-state index contributed by atoms with van der Waals surface area (Å²) in [7, 11) is 1.66. The van der Waals surface area contributed by atoms with Crippen molar-refractivity contribution in [2.75, 3.05) is 20.2 Å². The fourth-order valence-corrected chi connectivity index (χ4v) is 1.97. The Labute approximate surface area is 110 Å². The van der Waals surface area contributed by atoms with E-state index in [2.05, 4.69) is 12.2 Å². The van der Waals surface area contributed by atoms with Gasteiger partial charge in [0, 0.05) is 6.42 Å². The molecule has 0 amide bonds. The molecule has 0 saturated heterocycles. The van der Waals surface area contributed by atoms with Gasteiger partial charge in [0.1, 0.15) is 5.75 Å². The van der Waals surface area contributed by atoms with Crippen molar-refractivity contribution in [1.82, 2.24) is 5.32 Å². The molecule has 18 heavy (non-hydrogen) atoms. The summed E-state index contributed by atoms with van der Waals surface area (Å²) in [5, 5.41) is 13.7. The molecule has 0 aliphatic heterocycles. The summed E-state index contributed by atoms with van der Waals surface area (Å²) in [5.41, 5.74) is 0.433. The highest BCUT2D eigenvalue weighted by molar-refractivity contribution is 5.29.